The van der Waals surface area contributed by atoms with Gasteiger partial charge in [0.25, 0.3) is 11.8 Å². The summed E-state index contributed by atoms with van der Waals surface area (Å²) >= 11 is 0. The predicted octanol–water partition coefficient (Wildman–Crippen LogP) is 4.70. The smallest absolute Gasteiger partial charge is 0.251 e. The number of hydrogen-bond acceptors (Lipinski definition) is 12. The van der Waals surface area contributed by atoms with Crippen LogP contribution in [-0.2, 0) is 19.3 Å². The van der Waals surface area contributed by atoms with Crippen molar-refractivity contribution in [2.75, 3.05) is 0 Å². The summed E-state index contributed by atoms with van der Waals surface area (Å²) < 4.78 is 0. The van der Waals surface area contributed by atoms with Crippen LogP contribution in [-0.4, -0.2) is 67.5 Å². The summed E-state index contributed by atoms with van der Waals surface area (Å²) in [6.07, 6.45) is 10.4. The van der Waals surface area contributed by atoms with Gasteiger partial charge >= 0.3 is 0 Å². The molecule has 6 N–H and O–H groups in total. The molecule has 4 heterocycles. The molecule has 0 spiro atoms. The van der Waals surface area contributed by atoms with E-state index in [1.54, 1.807) is 53.8 Å². The second-order valence-electron chi connectivity index (χ2n) is 14.6. The van der Waals surface area contributed by atoms with Gasteiger partial charge in [-0.1, -0.05) is 53.5 Å². The van der Waals surface area contributed by atoms with Crippen LogP contribution in [0.2, 0.25) is 0 Å². The van der Waals surface area contributed by atoms with Gasteiger partial charge in [-0.2, -0.15) is 0 Å². The Morgan fingerprint density at radius 3 is 1.62 bits per heavy atom. The first kappa shape index (κ1) is 39.7. The number of aromatic nitrogens is 2. The number of rotatable bonds is 10. The quantitative estimate of drug-likeness (QED) is 0.0959. The standard InChI is InChI=1S/2C21H22N4O4/c26-20(23-17-5-1-4-16(17)21(27)24-28)14-8-6-13(7-9-14)19-11-18(25-29-19)15-3-2-10-22-12-15;26-20(23-16-6-3-4-15(16)21(27)24-28)14-9-7-13(8-10-14)19-12-18(25-29-19)17-5-1-2-11-22-17/h2-3,6-10,12,16-17,19,28H,1,4-5,11H2,(H,23,26)(H,24,27);1-2,5,7-11,15-16,19,28H,3-4,6,12H2,(H,23,26)(H,24,27)/t16-,17+,19?;15-,16+,19?/m00/s1. The highest BCUT2D eigenvalue weighted by Gasteiger charge is 2.35. The normalized spacial score (nSPS) is 23.2. The minimum atomic E-state index is -0.453. The number of amides is 4. The van der Waals surface area contributed by atoms with E-state index in [1.807, 2.05) is 54.6 Å². The predicted molar refractivity (Wildman–Crippen MR) is 208 cm³/mol. The molecule has 2 aromatic carbocycles. The van der Waals surface area contributed by atoms with Crippen molar-refractivity contribution in [3.05, 3.63) is 131 Å². The van der Waals surface area contributed by atoms with Gasteiger partial charge in [0.2, 0.25) is 11.8 Å². The van der Waals surface area contributed by atoms with Crippen LogP contribution in [0.1, 0.15) is 107 Å². The first-order valence-electron chi connectivity index (χ1n) is 19.3. The molecular formula is C42H44N8O8. The molecule has 0 bridgehead atoms. The van der Waals surface area contributed by atoms with Crippen LogP contribution >= 0.6 is 0 Å². The maximum Gasteiger partial charge on any atom is 0.251 e. The third-order valence-electron chi connectivity index (χ3n) is 10.9. The molecule has 2 unspecified atom stereocenters. The highest BCUT2D eigenvalue weighted by atomic mass is 16.6. The van der Waals surface area contributed by atoms with Crippen LogP contribution in [0, 0.1) is 11.8 Å². The van der Waals surface area contributed by atoms with Gasteiger partial charge in [-0.3, -0.25) is 39.6 Å². The fraction of sp³-hybridized carbons (Fsp3) is 0.333. The van der Waals surface area contributed by atoms with Crippen LogP contribution in [0.5, 0.6) is 0 Å². The number of hydroxylamine groups is 2. The molecule has 58 heavy (non-hydrogen) atoms. The SMILES string of the molecule is O=C(N[C@@H]1CCC[C@@H]1C(=O)NO)c1ccc(C2CC(c3ccccn3)=NO2)cc1.O=C(N[C@@H]1CCC[C@@H]1C(=O)NO)c1ccc(C2CC(c3cccnc3)=NO2)cc1. The Morgan fingerprint density at radius 2 is 1.14 bits per heavy atom. The van der Waals surface area contributed by atoms with Crippen molar-refractivity contribution in [1.82, 2.24) is 31.6 Å². The molecule has 16 heteroatoms. The van der Waals surface area contributed by atoms with Gasteiger partial charge in [0.15, 0.2) is 12.2 Å². The highest BCUT2D eigenvalue weighted by Crippen LogP contribution is 2.32. The Labute approximate surface area is 334 Å². The van der Waals surface area contributed by atoms with Gasteiger partial charge in [-0.15, -0.1) is 0 Å². The Morgan fingerprint density at radius 1 is 0.603 bits per heavy atom. The van der Waals surface area contributed by atoms with Crippen molar-refractivity contribution in [2.24, 2.45) is 22.1 Å². The summed E-state index contributed by atoms with van der Waals surface area (Å²) in [5, 5.41) is 31.8. The molecule has 4 amide bonds. The fourth-order valence-electron chi connectivity index (χ4n) is 7.76. The summed E-state index contributed by atoms with van der Waals surface area (Å²) in [7, 11) is 0. The number of nitrogens with one attached hydrogen (secondary N) is 4. The van der Waals surface area contributed by atoms with E-state index in [-0.39, 0.29) is 36.1 Å². The van der Waals surface area contributed by atoms with Crippen LogP contribution in [0.4, 0.5) is 0 Å². The zero-order valence-electron chi connectivity index (χ0n) is 31.5. The third kappa shape index (κ3) is 9.36. The molecule has 2 aliphatic carbocycles. The van der Waals surface area contributed by atoms with Crippen LogP contribution in [0.25, 0.3) is 0 Å². The molecule has 300 valence electrons. The average molecular weight is 789 g/mol. The van der Waals surface area contributed by atoms with E-state index < -0.39 is 23.7 Å². The summed E-state index contributed by atoms with van der Waals surface area (Å²) in [6.45, 7) is 0. The van der Waals surface area contributed by atoms with Gasteiger partial charge < -0.3 is 20.3 Å². The topological polar surface area (TPSA) is 226 Å². The molecule has 2 saturated carbocycles. The number of pyridine rings is 2. The Balaban J connectivity index is 0.000000177. The summed E-state index contributed by atoms with van der Waals surface area (Å²) in [4.78, 5) is 68.1. The van der Waals surface area contributed by atoms with E-state index in [9.17, 15) is 19.2 Å². The molecule has 4 aliphatic rings. The fourth-order valence-corrected chi connectivity index (χ4v) is 7.76. The summed E-state index contributed by atoms with van der Waals surface area (Å²) in [6, 6.07) is 23.3. The molecule has 4 aromatic rings. The number of carbonyl (C=O) groups excluding carboxylic acids is 4. The average Bonchev–Trinajstić information content (AvgIpc) is 4.13. The van der Waals surface area contributed by atoms with Gasteiger partial charge in [-0.05, 0) is 85.3 Å². The van der Waals surface area contributed by atoms with Crippen molar-refractivity contribution in [3.8, 4) is 0 Å². The maximum absolute atomic E-state index is 12.6. The first-order valence-corrected chi connectivity index (χ1v) is 19.3. The zero-order valence-corrected chi connectivity index (χ0v) is 31.5. The monoisotopic (exact) mass is 788 g/mol. The molecule has 2 fully saturated rings. The first-order chi connectivity index (χ1) is 28.3. The van der Waals surface area contributed by atoms with Crippen molar-refractivity contribution in [1.29, 1.82) is 0 Å². The second-order valence-corrected chi connectivity index (χ2v) is 14.6. The number of benzene rings is 2. The Bertz CT molecular complexity index is 1980. The van der Waals surface area contributed by atoms with Gasteiger partial charge in [0.05, 0.1) is 23.2 Å². The van der Waals surface area contributed by atoms with Crippen LogP contribution in [0.15, 0.2) is 108 Å². The van der Waals surface area contributed by atoms with E-state index in [4.69, 9.17) is 20.1 Å². The highest BCUT2D eigenvalue weighted by molar-refractivity contribution is 6.01. The number of oxime groups is 2. The lowest BCUT2D eigenvalue weighted by molar-refractivity contribution is -0.134. The summed E-state index contributed by atoms with van der Waals surface area (Å²) in [5.74, 6) is -2.19. The lowest BCUT2D eigenvalue weighted by atomic mass is 9.99. The molecule has 6 atom stereocenters. The van der Waals surface area contributed by atoms with Crippen LogP contribution < -0.4 is 21.6 Å². The lowest BCUT2D eigenvalue weighted by Gasteiger charge is -2.19. The van der Waals surface area contributed by atoms with E-state index in [2.05, 4.69) is 30.9 Å². The minimum Gasteiger partial charge on any atom is -0.387 e. The largest absolute Gasteiger partial charge is 0.387 e. The second kappa shape index (κ2) is 18.6. The van der Waals surface area contributed by atoms with Crippen LogP contribution in [0.3, 0.4) is 0 Å². The molecule has 8 rings (SSSR count). The van der Waals surface area contributed by atoms with Crippen molar-refractivity contribution >= 4 is 35.1 Å². The molecule has 0 radical (unpaired) electrons. The van der Waals surface area contributed by atoms with E-state index in [0.29, 0.717) is 49.7 Å². The molecule has 2 aliphatic heterocycles. The van der Waals surface area contributed by atoms with Gasteiger partial charge in [0.1, 0.15) is 5.71 Å². The van der Waals surface area contributed by atoms with Crippen molar-refractivity contribution < 1.29 is 39.3 Å². The molecule has 2 aromatic heterocycles. The summed E-state index contributed by atoms with van der Waals surface area (Å²) in [5.41, 5.74) is 9.62. The van der Waals surface area contributed by atoms with Crippen molar-refractivity contribution in [3.63, 3.8) is 0 Å². The van der Waals surface area contributed by atoms with E-state index in [0.717, 1.165) is 46.6 Å². The van der Waals surface area contributed by atoms with E-state index >= 15 is 0 Å². The molecular weight excluding hydrogens is 745 g/mol. The van der Waals surface area contributed by atoms with Crippen molar-refractivity contribution in [2.45, 2.75) is 75.7 Å². The number of carbonyl (C=O) groups is 4. The third-order valence-corrected chi connectivity index (χ3v) is 10.9. The zero-order chi connectivity index (χ0) is 40.4. The van der Waals surface area contributed by atoms with E-state index in [1.165, 1.54) is 0 Å². The molecule has 0 saturated heterocycles. The lowest BCUT2D eigenvalue weighted by Crippen LogP contribution is -2.43. The Kier molecular flexibility index (Phi) is 12.7. The number of hydrogen-bond donors (Lipinski definition) is 6. The Hall–Kier alpha value is -6.52. The number of nitrogens with zero attached hydrogens (tertiary/aromatic N) is 4. The maximum atomic E-state index is 12.6. The molecule has 16 nitrogen and oxygen atoms in total. The van der Waals surface area contributed by atoms with Gasteiger partial charge in [-0.25, -0.2) is 11.0 Å². The minimum absolute atomic E-state index is 0.199. The van der Waals surface area contributed by atoms with Gasteiger partial charge in [0, 0.05) is 60.2 Å².